The van der Waals surface area contributed by atoms with Gasteiger partial charge in [-0.15, -0.1) is 0 Å². The molecule has 128 valence electrons. The lowest BCUT2D eigenvalue weighted by atomic mass is 9.99. The van der Waals surface area contributed by atoms with Gasteiger partial charge in [-0.2, -0.15) is 0 Å². The van der Waals surface area contributed by atoms with Crippen molar-refractivity contribution in [1.82, 2.24) is 10.3 Å². The van der Waals surface area contributed by atoms with E-state index in [2.05, 4.69) is 10.3 Å². The number of nitrogens with two attached hydrogens (primary N) is 1. The predicted molar refractivity (Wildman–Crippen MR) is 95.2 cm³/mol. The Labute approximate surface area is 143 Å². The van der Waals surface area contributed by atoms with Crippen molar-refractivity contribution >= 4 is 5.82 Å². The Morgan fingerprint density at radius 2 is 1.88 bits per heavy atom. The number of benzene rings is 1. The van der Waals surface area contributed by atoms with Gasteiger partial charge in [0.15, 0.2) is 0 Å². The fourth-order valence-corrected chi connectivity index (χ4v) is 2.92. The number of piperidine rings is 1. The zero-order chi connectivity index (χ0) is 16.8. The molecule has 1 saturated heterocycles. The third-order valence-corrected chi connectivity index (χ3v) is 4.18. The Morgan fingerprint density at radius 3 is 2.62 bits per heavy atom. The standard InChI is InChI=1S/C19H25N3O2/c1-14-9-16(22-19(20)10-14)13-24-18-4-2-3-17(11-18)23-12-15-5-7-21-8-6-15/h2-4,9-11,15,21H,5-8,12-13H2,1H3,(H2,20,22). The number of hydrogen-bond acceptors (Lipinski definition) is 5. The third-order valence-electron chi connectivity index (χ3n) is 4.18. The lowest BCUT2D eigenvalue weighted by Crippen LogP contribution is -2.30. The van der Waals surface area contributed by atoms with Gasteiger partial charge in [0, 0.05) is 6.07 Å². The van der Waals surface area contributed by atoms with E-state index < -0.39 is 0 Å². The lowest BCUT2D eigenvalue weighted by molar-refractivity contribution is 0.214. The second-order valence-electron chi connectivity index (χ2n) is 6.33. The molecule has 5 nitrogen and oxygen atoms in total. The molecule has 2 heterocycles. The number of anilines is 1. The number of rotatable bonds is 6. The van der Waals surface area contributed by atoms with Crippen LogP contribution in [0.1, 0.15) is 24.1 Å². The second kappa shape index (κ2) is 8.02. The molecule has 2 aromatic rings. The maximum atomic E-state index is 5.93. The molecule has 0 aliphatic carbocycles. The Bertz CT molecular complexity index is 649. The third kappa shape index (κ3) is 4.86. The minimum absolute atomic E-state index is 0.392. The van der Waals surface area contributed by atoms with Crippen LogP contribution in [0.25, 0.3) is 0 Å². The number of nitrogens with zero attached hydrogens (tertiary/aromatic N) is 1. The summed E-state index contributed by atoms with van der Waals surface area (Å²) >= 11 is 0. The number of nitrogens with one attached hydrogen (secondary N) is 1. The smallest absolute Gasteiger partial charge is 0.130 e. The Hall–Kier alpha value is -2.27. The van der Waals surface area contributed by atoms with Crippen LogP contribution in [0, 0.1) is 12.8 Å². The van der Waals surface area contributed by atoms with E-state index in [1.165, 1.54) is 12.8 Å². The zero-order valence-electron chi connectivity index (χ0n) is 14.1. The van der Waals surface area contributed by atoms with Crippen LogP contribution < -0.4 is 20.5 Å². The van der Waals surface area contributed by atoms with Crippen LogP contribution >= 0.6 is 0 Å². The van der Waals surface area contributed by atoms with Crippen molar-refractivity contribution in [2.75, 3.05) is 25.4 Å². The van der Waals surface area contributed by atoms with Gasteiger partial charge in [-0.25, -0.2) is 4.98 Å². The van der Waals surface area contributed by atoms with Gasteiger partial charge in [0.2, 0.25) is 0 Å². The maximum absolute atomic E-state index is 5.93. The Balaban J connectivity index is 1.54. The van der Waals surface area contributed by atoms with Crippen LogP contribution in [0.3, 0.4) is 0 Å². The molecule has 1 aliphatic rings. The average molecular weight is 327 g/mol. The van der Waals surface area contributed by atoms with Crippen molar-refractivity contribution in [2.45, 2.75) is 26.4 Å². The summed E-state index contributed by atoms with van der Waals surface area (Å²) in [6, 6.07) is 11.6. The molecule has 0 bridgehead atoms. The first kappa shape index (κ1) is 16.6. The fraction of sp³-hybridized carbons (Fsp3) is 0.421. The zero-order valence-corrected chi connectivity index (χ0v) is 14.1. The molecule has 1 aromatic heterocycles. The van der Waals surface area contributed by atoms with Crippen molar-refractivity contribution in [3.05, 3.63) is 47.7 Å². The summed E-state index contributed by atoms with van der Waals surface area (Å²) in [6.45, 7) is 5.33. The lowest BCUT2D eigenvalue weighted by Gasteiger charge is -2.22. The molecule has 0 unspecified atom stereocenters. The van der Waals surface area contributed by atoms with E-state index in [0.717, 1.165) is 42.5 Å². The first-order valence-electron chi connectivity index (χ1n) is 8.48. The van der Waals surface area contributed by atoms with Gasteiger partial charge in [-0.05, 0) is 68.6 Å². The number of pyridine rings is 1. The highest BCUT2D eigenvalue weighted by Gasteiger charge is 2.13. The molecule has 1 fully saturated rings. The molecule has 0 amide bonds. The fourth-order valence-electron chi connectivity index (χ4n) is 2.92. The molecule has 0 radical (unpaired) electrons. The van der Waals surface area contributed by atoms with Crippen LogP contribution in [0.5, 0.6) is 11.5 Å². The molecule has 3 rings (SSSR count). The average Bonchev–Trinajstić information content (AvgIpc) is 2.59. The molecule has 1 aromatic carbocycles. The first-order valence-corrected chi connectivity index (χ1v) is 8.48. The van der Waals surface area contributed by atoms with Gasteiger partial charge in [0.1, 0.15) is 23.9 Å². The molecule has 0 atom stereocenters. The van der Waals surface area contributed by atoms with Crippen molar-refractivity contribution in [1.29, 1.82) is 0 Å². The topological polar surface area (TPSA) is 69.4 Å². The number of nitrogen functional groups attached to an aromatic ring is 1. The molecular weight excluding hydrogens is 302 g/mol. The molecule has 24 heavy (non-hydrogen) atoms. The molecule has 0 saturated carbocycles. The van der Waals surface area contributed by atoms with Crippen molar-refractivity contribution < 1.29 is 9.47 Å². The van der Waals surface area contributed by atoms with E-state index in [0.29, 0.717) is 18.3 Å². The Kier molecular flexibility index (Phi) is 5.54. The van der Waals surface area contributed by atoms with Gasteiger partial charge < -0.3 is 20.5 Å². The van der Waals surface area contributed by atoms with Crippen molar-refractivity contribution in [3.63, 3.8) is 0 Å². The molecule has 3 N–H and O–H groups in total. The predicted octanol–water partition coefficient (Wildman–Crippen LogP) is 2.93. The maximum Gasteiger partial charge on any atom is 0.130 e. The van der Waals surface area contributed by atoms with E-state index in [9.17, 15) is 0 Å². The SMILES string of the molecule is Cc1cc(N)nc(COc2cccc(OCC3CCNCC3)c2)c1. The highest BCUT2D eigenvalue weighted by Crippen LogP contribution is 2.22. The minimum Gasteiger partial charge on any atom is -0.493 e. The summed E-state index contributed by atoms with van der Waals surface area (Å²) in [5.41, 5.74) is 7.68. The molecular formula is C19H25N3O2. The summed E-state index contributed by atoms with van der Waals surface area (Å²) in [4.78, 5) is 4.28. The highest BCUT2D eigenvalue weighted by molar-refractivity contribution is 5.35. The largest absolute Gasteiger partial charge is 0.493 e. The van der Waals surface area contributed by atoms with Crippen LogP contribution in [0.2, 0.25) is 0 Å². The van der Waals surface area contributed by atoms with E-state index in [-0.39, 0.29) is 0 Å². The van der Waals surface area contributed by atoms with Crippen LogP contribution in [0.15, 0.2) is 36.4 Å². The number of aryl methyl sites for hydroxylation is 1. The van der Waals surface area contributed by atoms with E-state index >= 15 is 0 Å². The van der Waals surface area contributed by atoms with E-state index in [4.69, 9.17) is 15.2 Å². The highest BCUT2D eigenvalue weighted by atomic mass is 16.5. The van der Waals surface area contributed by atoms with Gasteiger partial charge in [-0.1, -0.05) is 6.07 Å². The van der Waals surface area contributed by atoms with E-state index in [1.54, 1.807) is 0 Å². The minimum atomic E-state index is 0.392. The van der Waals surface area contributed by atoms with Gasteiger partial charge in [0.25, 0.3) is 0 Å². The quantitative estimate of drug-likeness (QED) is 0.854. The molecule has 0 spiro atoms. The summed E-state index contributed by atoms with van der Waals surface area (Å²) in [6.07, 6.45) is 2.35. The van der Waals surface area contributed by atoms with Crippen LogP contribution in [-0.2, 0) is 6.61 Å². The molecule has 1 aliphatic heterocycles. The van der Waals surface area contributed by atoms with Gasteiger partial charge >= 0.3 is 0 Å². The van der Waals surface area contributed by atoms with Crippen molar-refractivity contribution in [3.8, 4) is 11.5 Å². The summed E-state index contributed by atoms with van der Waals surface area (Å²) < 4.78 is 11.8. The first-order chi connectivity index (χ1) is 11.7. The number of ether oxygens (including phenoxy) is 2. The molecule has 5 heteroatoms. The normalized spacial score (nSPS) is 15.2. The summed E-state index contributed by atoms with van der Waals surface area (Å²) in [5, 5.41) is 3.37. The van der Waals surface area contributed by atoms with Crippen LogP contribution in [0.4, 0.5) is 5.82 Å². The monoisotopic (exact) mass is 327 g/mol. The summed E-state index contributed by atoms with van der Waals surface area (Å²) in [7, 11) is 0. The van der Waals surface area contributed by atoms with Gasteiger partial charge in [0.05, 0.1) is 12.3 Å². The summed E-state index contributed by atoms with van der Waals surface area (Å²) in [5.74, 6) is 2.78. The Morgan fingerprint density at radius 1 is 1.12 bits per heavy atom. The van der Waals surface area contributed by atoms with E-state index in [1.807, 2.05) is 43.3 Å². The van der Waals surface area contributed by atoms with Crippen LogP contribution in [-0.4, -0.2) is 24.7 Å². The van der Waals surface area contributed by atoms with Crippen molar-refractivity contribution in [2.24, 2.45) is 5.92 Å². The van der Waals surface area contributed by atoms with Gasteiger partial charge in [-0.3, -0.25) is 0 Å². The second-order valence-corrected chi connectivity index (χ2v) is 6.33. The number of hydrogen-bond donors (Lipinski definition) is 2. The number of aromatic nitrogens is 1.